The van der Waals surface area contributed by atoms with Crippen molar-refractivity contribution >= 4 is 5.69 Å². The lowest BCUT2D eigenvalue weighted by molar-refractivity contribution is -0.385. The minimum atomic E-state index is -4.43. The van der Waals surface area contributed by atoms with Crippen LogP contribution in [-0.2, 0) is 4.74 Å². The first-order valence-electron chi connectivity index (χ1n) is 5.29. The van der Waals surface area contributed by atoms with E-state index in [1.165, 1.54) is 12.1 Å². The van der Waals surface area contributed by atoms with Crippen molar-refractivity contribution in [3.8, 4) is 11.8 Å². The van der Waals surface area contributed by atoms with Gasteiger partial charge in [0, 0.05) is 6.07 Å². The molecule has 0 heterocycles. The summed E-state index contributed by atoms with van der Waals surface area (Å²) < 4.78 is 44.6. The zero-order valence-electron chi connectivity index (χ0n) is 10.0. The predicted molar refractivity (Wildman–Crippen MR) is 60.2 cm³/mol. The highest BCUT2D eigenvalue weighted by atomic mass is 19.4. The summed E-state index contributed by atoms with van der Waals surface area (Å²) in [6.45, 7) is -2.05. The maximum absolute atomic E-state index is 11.8. The molecule has 1 aromatic rings. The maximum Gasteiger partial charge on any atom is 0.411 e. The smallest absolute Gasteiger partial charge is 0.411 e. The van der Waals surface area contributed by atoms with Crippen molar-refractivity contribution in [3.63, 3.8) is 0 Å². The molecule has 0 atom stereocenters. The summed E-state index contributed by atoms with van der Waals surface area (Å²) in [6.07, 6.45) is -4.43. The lowest BCUT2D eigenvalue weighted by atomic mass is 10.2. The van der Waals surface area contributed by atoms with Crippen LogP contribution in [0.3, 0.4) is 0 Å². The molecule has 0 bridgehead atoms. The van der Waals surface area contributed by atoms with E-state index < -0.39 is 23.4 Å². The maximum atomic E-state index is 11.8. The Kier molecular flexibility index (Phi) is 5.28. The van der Waals surface area contributed by atoms with E-state index >= 15 is 0 Å². The number of alkyl halides is 3. The van der Waals surface area contributed by atoms with E-state index in [0.29, 0.717) is 0 Å². The number of benzene rings is 1. The number of nitriles is 1. The number of hydrogen-bond acceptors (Lipinski definition) is 5. The van der Waals surface area contributed by atoms with Gasteiger partial charge >= 0.3 is 11.9 Å². The quantitative estimate of drug-likeness (QED) is 0.456. The van der Waals surface area contributed by atoms with Crippen LogP contribution in [0.5, 0.6) is 5.75 Å². The predicted octanol–water partition coefficient (Wildman–Crippen LogP) is 2.42. The normalized spacial score (nSPS) is 10.9. The van der Waals surface area contributed by atoms with Gasteiger partial charge in [-0.15, -0.1) is 0 Å². The van der Waals surface area contributed by atoms with E-state index in [9.17, 15) is 23.3 Å². The molecule has 0 radical (unpaired) electrons. The molecule has 0 saturated heterocycles. The van der Waals surface area contributed by atoms with Crippen LogP contribution in [-0.4, -0.2) is 30.9 Å². The van der Waals surface area contributed by atoms with Crippen molar-refractivity contribution in [2.75, 3.05) is 19.8 Å². The zero-order valence-corrected chi connectivity index (χ0v) is 10.0. The van der Waals surface area contributed by atoms with E-state index in [1.807, 2.05) is 0 Å². The molecule has 0 amide bonds. The van der Waals surface area contributed by atoms with Gasteiger partial charge in [0.1, 0.15) is 13.2 Å². The first-order chi connectivity index (χ1) is 9.33. The van der Waals surface area contributed by atoms with Gasteiger partial charge in [0.05, 0.1) is 23.2 Å². The summed E-state index contributed by atoms with van der Waals surface area (Å²) in [5.74, 6) is -0.135. The first-order valence-corrected chi connectivity index (χ1v) is 5.29. The third kappa shape index (κ3) is 5.11. The van der Waals surface area contributed by atoms with Gasteiger partial charge in [0.25, 0.3) is 0 Å². The van der Waals surface area contributed by atoms with Gasteiger partial charge < -0.3 is 9.47 Å². The number of rotatable bonds is 6. The lowest BCUT2D eigenvalue weighted by Crippen LogP contribution is -2.19. The number of nitrogens with zero attached hydrogens (tertiary/aromatic N) is 2. The minimum Gasteiger partial charge on any atom is -0.484 e. The van der Waals surface area contributed by atoms with Crippen molar-refractivity contribution < 1.29 is 27.6 Å². The molecule has 0 aliphatic carbocycles. The van der Waals surface area contributed by atoms with Gasteiger partial charge in [-0.05, 0) is 12.1 Å². The summed E-state index contributed by atoms with van der Waals surface area (Å²) >= 11 is 0. The highest BCUT2D eigenvalue weighted by molar-refractivity contribution is 5.51. The van der Waals surface area contributed by atoms with Crippen molar-refractivity contribution in [1.82, 2.24) is 0 Å². The summed E-state index contributed by atoms with van der Waals surface area (Å²) in [6, 6.07) is 5.27. The van der Waals surface area contributed by atoms with Crippen molar-refractivity contribution in [3.05, 3.63) is 33.9 Å². The van der Waals surface area contributed by atoms with Crippen LogP contribution in [0.1, 0.15) is 5.56 Å². The second-order valence-corrected chi connectivity index (χ2v) is 3.57. The van der Waals surface area contributed by atoms with Crippen LogP contribution in [0.15, 0.2) is 18.2 Å². The Balaban J connectivity index is 2.56. The average Bonchev–Trinajstić information content (AvgIpc) is 2.37. The first kappa shape index (κ1) is 15.7. The van der Waals surface area contributed by atoms with Gasteiger partial charge in [-0.2, -0.15) is 18.4 Å². The van der Waals surface area contributed by atoms with Gasteiger partial charge in [-0.25, -0.2) is 0 Å². The molecule has 0 saturated carbocycles. The molecular weight excluding hydrogens is 281 g/mol. The molecule has 0 aromatic heterocycles. The van der Waals surface area contributed by atoms with Crippen molar-refractivity contribution in [1.29, 1.82) is 5.26 Å². The lowest BCUT2D eigenvalue weighted by Gasteiger charge is -2.09. The Bertz CT molecular complexity index is 525. The Labute approximate surface area is 111 Å². The minimum absolute atomic E-state index is 0.0809. The summed E-state index contributed by atoms with van der Waals surface area (Å²) in [5.41, 5.74) is -0.350. The number of nitro benzene ring substituents is 1. The molecule has 0 aliphatic heterocycles. The van der Waals surface area contributed by atoms with Crippen LogP contribution < -0.4 is 4.74 Å². The Morgan fingerprint density at radius 2 is 2.05 bits per heavy atom. The monoisotopic (exact) mass is 290 g/mol. The van der Waals surface area contributed by atoms with Gasteiger partial charge in [0.2, 0.25) is 0 Å². The molecular formula is C11H9F3N2O4. The molecule has 6 nitrogen and oxygen atoms in total. The molecule has 1 aromatic carbocycles. The molecule has 9 heteroatoms. The number of hydrogen-bond donors (Lipinski definition) is 0. The Morgan fingerprint density at radius 3 is 2.60 bits per heavy atom. The molecule has 108 valence electrons. The molecule has 1 rings (SSSR count). The fraction of sp³-hybridized carbons (Fsp3) is 0.364. The summed E-state index contributed by atoms with van der Waals surface area (Å²) in [7, 11) is 0. The molecule has 0 aliphatic rings. The van der Waals surface area contributed by atoms with Gasteiger partial charge in [-0.3, -0.25) is 10.1 Å². The highest BCUT2D eigenvalue weighted by Crippen LogP contribution is 2.27. The molecule has 0 unspecified atom stereocenters. The average molecular weight is 290 g/mol. The largest absolute Gasteiger partial charge is 0.484 e. The van der Waals surface area contributed by atoms with Crippen molar-refractivity contribution in [2.24, 2.45) is 0 Å². The summed E-state index contributed by atoms with van der Waals surface area (Å²) in [4.78, 5) is 10.0. The van der Waals surface area contributed by atoms with Crippen LogP contribution in [0.25, 0.3) is 0 Å². The van der Waals surface area contributed by atoms with Crippen LogP contribution in [0.2, 0.25) is 0 Å². The molecule has 0 fully saturated rings. The fourth-order valence-electron chi connectivity index (χ4n) is 1.25. The van der Waals surface area contributed by atoms with Gasteiger partial charge in [0.15, 0.2) is 5.75 Å². The highest BCUT2D eigenvalue weighted by Gasteiger charge is 2.27. The fourth-order valence-corrected chi connectivity index (χ4v) is 1.25. The number of ether oxygens (including phenoxy) is 2. The van der Waals surface area contributed by atoms with E-state index in [-0.39, 0.29) is 24.5 Å². The van der Waals surface area contributed by atoms with Crippen LogP contribution in [0.4, 0.5) is 18.9 Å². The second kappa shape index (κ2) is 6.72. The number of nitro groups is 1. The SMILES string of the molecule is N#Cc1ccc(OCCOCC(F)(F)F)c([N+](=O)[O-])c1. The van der Waals surface area contributed by atoms with E-state index in [2.05, 4.69) is 4.74 Å². The third-order valence-corrected chi connectivity index (χ3v) is 2.04. The summed E-state index contributed by atoms with van der Waals surface area (Å²) in [5, 5.41) is 19.4. The standard InChI is InChI=1S/C11H9F3N2O4/c12-11(13,14)7-19-3-4-20-10-2-1-8(6-15)5-9(10)16(17)18/h1-2,5H,3-4,7H2. The zero-order chi connectivity index (χ0) is 15.2. The van der Waals surface area contributed by atoms with Crippen LogP contribution in [0, 0.1) is 21.4 Å². The molecule has 20 heavy (non-hydrogen) atoms. The van der Waals surface area contributed by atoms with Gasteiger partial charge in [-0.1, -0.05) is 0 Å². The van der Waals surface area contributed by atoms with E-state index in [1.54, 1.807) is 6.07 Å². The number of halogens is 3. The topological polar surface area (TPSA) is 85.4 Å². The molecule has 0 N–H and O–H groups in total. The Morgan fingerprint density at radius 1 is 1.35 bits per heavy atom. The van der Waals surface area contributed by atoms with Crippen molar-refractivity contribution in [2.45, 2.75) is 6.18 Å². The Hall–Kier alpha value is -2.34. The van der Waals surface area contributed by atoms with E-state index in [4.69, 9.17) is 10.00 Å². The van der Waals surface area contributed by atoms with Crippen LogP contribution >= 0.6 is 0 Å². The van der Waals surface area contributed by atoms with E-state index in [0.717, 1.165) is 6.07 Å². The third-order valence-electron chi connectivity index (χ3n) is 2.04. The second-order valence-electron chi connectivity index (χ2n) is 3.57. The molecule has 0 spiro atoms.